The standard InChI is InChI=1S/C16H24N6O4S2/c1-21(27(23,24)15-7-11(17)5-12(18)8-15)3-4-22(2)28(25,26)16-9-13(19)6-14(20)10-16/h5-10H,3-4,17-20H2,1-2H3. The van der Waals surface area contributed by atoms with Gasteiger partial charge in [-0.3, -0.25) is 0 Å². The average Bonchev–Trinajstić information content (AvgIpc) is 2.57. The van der Waals surface area contributed by atoms with Crippen molar-refractivity contribution in [1.82, 2.24) is 8.61 Å². The van der Waals surface area contributed by atoms with E-state index in [2.05, 4.69) is 0 Å². The predicted molar refractivity (Wildman–Crippen MR) is 110 cm³/mol. The maximum Gasteiger partial charge on any atom is 0.243 e. The van der Waals surface area contributed by atoms with Gasteiger partial charge < -0.3 is 22.9 Å². The van der Waals surface area contributed by atoms with E-state index in [1.165, 1.54) is 50.5 Å². The number of rotatable bonds is 7. The van der Waals surface area contributed by atoms with Gasteiger partial charge in [0.2, 0.25) is 20.0 Å². The van der Waals surface area contributed by atoms with Crippen molar-refractivity contribution in [2.75, 3.05) is 50.1 Å². The topological polar surface area (TPSA) is 179 Å². The first-order chi connectivity index (χ1) is 12.8. The van der Waals surface area contributed by atoms with Crippen molar-refractivity contribution in [1.29, 1.82) is 0 Å². The number of hydrogen-bond acceptors (Lipinski definition) is 8. The second-order valence-corrected chi connectivity index (χ2v) is 10.4. The van der Waals surface area contributed by atoms with Crippen LogP contribution in [-0.2, 0) is 20.0 Å². The lowest BCUT2D eigenvalue weighted by Gasteiger charge is -2.22. The molecule has 0 atom stereocenters. The van der Waals surface area contributed by atoms with E-state index in [-0.39, 0.29) is 45.6 Å². The van der Waals surface area contributed by atoms with Gasteiger partial charge in [-0.05, 0) is 36.4 Å². The van der Waals surface area contributed by atoms with Gasteiger partial charge in [0.25, 0.3) is 0 Å². The lowest BCUT2D eigenvalue weighted by molar-refractivity contribution is 0.404. The summed E-state index contributed by atoms with van der Waals surface area (Å²) in [5.74, 6) is 0. The number of nitrogens with zero attached hydrogens (tertiary/aromatic N) is 2. The van der Waals surface area contributed by atoms with Crippen LogP contribution in [0.1, 0.15) is 0 Å². The van der Waals surface area contributed by atoms with Gasteiger partial charge in [-0.15, -0.1) is 0 Å². The molecule has 0 heterocycles. The van der Waals surface area contributed by atoms with Gasteiger partial charge in [0, 0.05) is 49.9 Å². The normalized spacial score (nSPS) is 12.6. The fourth-order valence-electron chi connectivity index (χ4n) is 2.47. The van der Waals surface area contributed by atoms with E-state index in [1.807, 2.05) is 0 Å². The zero-order valence-corrected chi connectivity index (χ0v) is 17.2. The number of sulfonamides is 2. The van der Waals surface area contributed by atoms with Crippen molar-refractivity contribution in [3.8, 4) is 0 Å². The van der Waals surface area contributed by atoms with Crippen molar-refractivity contribution in [3.63, 3.8) is 0 Å². The molecule has 10 nitrogen and oxygen atoms in total. The molecule has 2 rings (SSSR count). The van der Waals surface area contributed by atoms with Gasteiger partial charge >= 0.3 is 0 Å². The highest BCUT2D eigenvalue weighted by molar-refractivity contribution is 7.89. The Kier molecular flexibility index (Phi) is 6.09. The lowest BCUT2D eigenvalue weighted by atomic mass is 10.3. The molecule has 0 aliphatic heterocycles. The molecule has 154 valence electrons. The van der Waals surface area contributed by atoms with Gasteiger partial charge in [0.05, 0.1) is 9.79 Å². The largest absolute Gasteiger partial charge is 0.399 e. The minimum Gasteiger partial charge on any atom is -0.399 e. The Morgan fingerprint density at radius 1 is 0.607 bits per heavy atom. The van der Waals surface area contributed by atoms with Crippen LogP contribution in [0.25, 0.3) is 0 Å². The molecule has 0 amide bonds. The van der Waals surface area contributed by atoms with Crippen molar-refractivity contribution < 1.29 is 16.8 Å². The van der Waals surface area contributed by atoms with Crippen LogP contribution in [0.3, 0.4) is 0 Å². The summed E-state index contributed by atoms with van der Waals surface area (Å²) in [6, 6.07) is 8.04. The quantitative estimate of drug-likeness (QED) is 0.443. The summed E-state index contributed by atoms with van der Waals surface area (Å²) in [4.78, 5) is -0.136. The van der Waals surface area contributed by atoms with Crippen LogP contribution in [0.4, 0.5) is 22.7 Å². The Morgan fingerprint density at radius 3 is 1.11 bits per heavy atom. The number of anilines is 4. The van der Waals surface area contributed by atoms with Crippen LogP contribution < -0.4 is 22.9 Å². The molecule has 0 aliphatic carbocycles. The van der Waals surface area contributed by atoms with Crippen LogP contribution in [0, 0.1) is 0 Å². The zero-order valence-electron chi connectivity index (χ0n) is 15.5. The molecular formula is C16H24N6O4S2. The molecule has 2 aromatic carbocycles. The molecule has 2 aromatic rings. The minimum absolute atomic E-state index is 0.0679. The highest BCUT2D eigenvalue weighted by Crippen LogP contribution is 2.23. The smallest absolute Gasteiger partial charge is 0.243 e. The van der Waals surface area contributed by atoms with Crippen LogP contribution in [-0.4, -0.2) is 52.6 Å². The molecule has 12 heteroatoms. The second-order valence-electron chi connectivity index (χ2n) is 6.32. The first kappa shape index (κ1) is 21.8. The van der Waals surface area contributed by atoms with E-state index in [0.717, 1.165) is 8.61 Å². The second kappa shape index (κ2) is 7.83. The van der Waals surface area contributed by atoms with E-state index in [1.54, 1.807) is 0 Å². The van der Waals surface area contributed by atoms with E-state index in [4.69, 9.17) is 22.9 Å². The van der Waals surface area contributed by atoms with E-state index in [9.17, 15) is 16.8 Å². The molecule has 0 aromatic heterocycles. The fraction of sp³-hybridized carbons (Fsp3) is 0.250. The molecule has 0 radical (unpaired) electrons. The summed E-state index contributed by atoms with van der Waals surface area (Å²) >= 11 is 0. The lowest BCUT2D eigenvalue weighted by Crippen LogP contribution is -2.37. The molecule has 28 heavy (non-hydrogen) atoms. The number of likely N-dealkylation sites (N-methyl/N-ethyl adjacent to an activating group) is 2. The Bertz CT molecular complexity index is 958. The van der Waals surface area contributed by atoms with Crippen molar-refractivity contribution in [2.24, 2.45) is 0 Å². The number of nitrogens with two attached hydrogens (primary N) is 4. The highest BCUT2D eigenvalue weighted by Gasteiger charge is 2.25. The van der Waals surface area contributed by atoms with Gasteiger partial charge in [-0.2, -0.15) is 8.61 Å². The Labute approximate surface area is 164 Å². The van der Waals surface area contributed by atoms with E-state index >= 15 is 0 Å². The summed E-state index contributed by atoms with van der Waals surface area (Å²) < 4.78 is 52.7. The molecular weight excluding hydrogens is 404 g/mol. The summed E-state index contributed by atoms with van der Waals surface area (Å²) in [5, 5.41) is 0. The first-order valence-electron chi connectivity index (χ1n) is 8.09. The van der Waals surface area contributed by atoms with Crippen molar-refractivity contribution >= 4 is 42.8 Å². The van der Waals surface area contributed by atoms with Gasteiger partial charge in [0.15, 0.2) is 0 Å². The first-order valence-corrected chi connectivity index (χ1v) is 11.0. The molecule has 0 fully saturated rings. The molecule has 0 saturated heterocycles. The summed E-state index contributed by atoms with van der Waals surface area (Å²) in [5.41, 5.74) is 23.5. The van der Waals surface area contributed by atoms with E-state index in [0.29, 0.717) is 0 Å². The molecule has 8 N–H and O–H groups in total. The minimum atomic E-state index is -3.89. The van der Waals surface area contributed by atoms with E-state index < -0.39 is 20.0 Å². The third kappa shape index (κ3) is 4.65. The Morgan fingerprint density at radius 2 is 0.857 bits per heavy atom. The Balaban J connectivity index is 2.17. The fourth-order valence-corrected chi connectivity index (χ4v) is 4.98. The maximum absolute atomic E-state index is 12.7. The Hall–Kier alpha value is -2.54. The van der Waals surface area contributed by atoms with Crippen molar-refractivity contribution in [2.45, 2.75) is 9.79 Å². The molecule has 0 saturated carbocycles. The van der Waals surface area contributed by atoms with Crippen molar-refractivity contribution in [3.05, 3.63) is 36.4 Å². The van der Waals surface area contributed by atoms with Crippen LogP contribution in [0.2, 0.25) is 0 Å². The highest BCUT2D eigenvalue weighted by atomic mass is 32.2. The summed E-state index contributed by atoms with van der Waals surface area (Å²) in [6.07, 6.45) is 0. The third-order valence-electron chi connectivity index (χ3n) is 4.05. The third-order valence-corrected chi connectivity index (χ3v) is 7.72. The van der Waals surface area contributed by atoms with Gasteiger partial charge in [-0.1, -0.05) is 0 Å². The molecule has 0 aliphatic rings. The number of nitrogen functional groups attached to an aromatic ring is 4. The van der Waals surface area contributed by atoms with Crippen LogP contribution >= 0.6 is 0 Å². The summed E-state index contributed by atoms with van der Waals surface area (Å²) in [6.45, 7) is -0.185. The maximum atomic E-state index is 12.7. The zero-order chi connectivity index (χ0) is 21.3. The van der Waals surface area contributed by atoms with Crippen LogP contribution in [0.5, 0.6) is 0 Å². The SMILES string of the molecule is CN(CCN(C)S(=O)(=O)c1cc(N)cc(N)c1)S(=O)(=O)c1cc(N)cc(N)c1. The predicted octanol–water partition coefficient (Wildman–Crippen LogP) is -0.0434. The monoisotopic (exact) mass is 428 g/mol. The van der Waals surface area contributed by atoms with Gasteiger partial charge in [-0.25, -0.2) is 16.8 Å². The number of hydrogen-bond donors (Lipinski definition) is 4. The molecule has 0 bridgehead atoms. The molecule has 0 unspecified atom stereocenters. The number of benzene rings is 2. The average molecular weight is 429 g/mol. The van der Waals surface area contributed by atoms with Crippen LogP contribution in [0.15, 0.2) is 46.2 Å². The van der Waals surface area contributed by atoms with Gasteiger partial charge in [0.1, 0.15) is 0 Å². The summed E-state index contributed by atoms with van der Waals surface area (Å²) in [7, 11) is -5.10. The molecule has 0 spiro atoms.